The third-order valence-electron chi connectivity index (χ3n) is 4.90. The Morgan fingerprint density at radius 1 is 1.00 bits per heavy atom. The third kappa shape index (κ3) is 2.73. The van der Waals surface area contributed by atoms with Gasteiger partial charge in [0.1, 0.15) is 6.54 Å². The molecule has 4 heteroatoms. The van der Waals surface area contributed by atoms with E-state index in [1.54, 1.807) is 4.90 Å². The predicted octanol–water partition coefficient (Wildman–Crippen LogP) is 4.07. The lowest BCUT2D eigenvalue weighted by Crippen LogP contribution is -2.40. The smallest absolute Gasteiger partial charge is 0.259 e. The van der Waals surface area contributed by atoms with E-state index in [0.717, 1.165) is 28.4 Å². The number of amides is 2. The van der Waals surface area contributed by atoms with E-state index in [0.29, 0.717) is 5.56 Å². The first-order chi connectivity index (χ1) is 12.7. The molecule has 1 aliphatic rings. The van der Waals surface area contributed by atoms with E-state index in [-0.39, 0.29) is 24.4 Å². The Bertz CT molecular complexity index is 977. The summed E-state index contributed by atoms with van der Waals surface area (Å²) >= 11 is 0. The number of carbonyl (C=O) groups excluding carboxylic acids is 2. The number of anilines is 1. The maximum atomic E-state index is 12.8. The average molecular weight is 344 g/mol. The van der Waals surface area contributed by atoms with Crippen LogP contribution in [0.1, 0.15) is 35.3 Å². The molecule has 130 valence electrons. The van der Waals surface area contributed by atoms with Crippen molar-refractivity contribution < 1.29 is 9.59 Å². The summed E-state index contributed by atoms with van der Waals surface area (Å²) in [5, 5.41) is 5.01. The van der Waals surface area contributed by atoms with Crippen LogP contribution in [0.15, 0.2) is 66.7 Å². The Morgan fingerprint density at radius 3 is 2.46 bits per heavy atom. The fourth-order valence-electron chi connectivity index (χ4n) is 3.63. The Morgan fingerprint density at radius 2 is 1.73 bits per heavy atom. The summed E-state index contributed by atoms with van der Waals surface area (Å²) in [5.41, 5.74) is 2.55. The molecule has 1 atom stereocenters. The van der Waals surface area contributed by atoms with Gasteiger partial charge in [0, 0.05) is 10.9 Å². The summed E-state index contributed by atoms with van der Waals surface area (Å²) in [4.78, 5) is 27.0. The molecule has 4 rings (SSSR count). The number of nitrogens with one attached hydrogen (secondary N) is 1. The normalized spacial score (nSPS) is 13.9. The second kappa shape index (κ2) is 6.64. The van der Waals surface area contributed by atoms with Crippen LogP contribution in [-0.2, 0) is 4.79 Å². The molecule has 1 N–H and O–H groups in total. The molecule has 0 aliphatic carbocycles. The van der Waals surface area contributed by atoms with E-state index in [1.807, 2.05) is 73.7 Å². The molecule has 1 aliphatic heterocycles. The van der Waals surface area contributed by atoms with Crippen LogP contribution in [0.25, 0.3) is 10.8 Å². The lowest BCUT2D eigenvalue weighted by molar-refractivity contribution is -0.120. The molecule has 0 saturated carbocycles. The van der Waals surface area contributed by atoms with Gasteiger partial charge in [0.15, 0.2) is 0 Å². The second-order valence-electron chi connectivity index (χ2n) is 6.51. The molecule has 1 unspecified atom stereocenters. The highest BCUT2D eigenvalue weighted by atomic mass is 16.2. The molecule has 0 bridgehead atoms. The lowest BCUT2D eigenvalue weighted by atomic mass is 10.0. The fraction of sp³-hybridized carbons (Fsp3) is 0.182. The van der Waals surface area contributed by atoms with Crippen molar-refractivity contribution in [2.75, 3.05) is 11.4 Å². The van der Waals surface area contributed by atoms with Gasteiger partial charge in [0.2, 0.25) is 5.91 Å². The maximum Gasteiger partial charge on any atom is 0.259 e. The first-order valence-electron chi connectivity index (χ1n) is 8.87. The number of benzene rings is 3. The zero-order valence-corrected chi connectivity index (χ0v) is 14.6. The Labute approximate surface area is 152 Å². The molecule has 26 heavy (non-hydrogen) atoms. The summed E-state index contributed by atoms with van der Waals surface area (Å²) in [6.45, 7) is 2.06. The van der Waals surface area contributed by atoms with E-state index in [4.69, 9.17) is 0 Å². The van der Waals surface area contributed by atoms with Crippen molar-refractivity contribution >= 4 is 28.3 Å². The van der Waals surface area contributed by atoms with Crippen molar-refractivity contribution in [2.24, 2.45) is 0 Å². The Balaban J connectivity index is 1.56. The molecular formula is C22H20N2O2. The van der Waals surface area contributed by atoms with Crippen molar-refractivity contribution in [3.63, 3.8) is 0 Å². The topological polar surface area (TPSA) is 49.4 Å². The molecule has 0 spiro atoms. The molecule has 0 fully saturated rings. The number of hydrogen-bond acceptors (Lipinski definition) is 2. The van der Waals surface area contributed by atoms with Gasteiger partial charge in [0.25, 0.3) is 5.91 Å². The van der Waals surface area contributed by atoms with Crippen LogP contribution in [0, 0.1) is 0 Å². The minimum atomic E-state index is -0.154. The van der Waals surface area contributed by atoms with Crippen LogP contribution in [0.3, 0.4) is 0 Å². The van der Waals surface area contributed by atoms with Gasteiger partial charge in [-0.25, -0.2) is 0 Å². The maximum absolute atomic E-state index is 12.8. The van der Waals surface area contributed by atoms with Gasteiger partial charge in [0.05, 0.1) is 11.7 Å². The molecule has 4 nitrogen and oxygen atoms in total. The quantitative estimate of drug-likeness (QED) is 0.758. The average Bonchev–Trinajstić information content (AvgIpc) is 2.95. The highest BCUT2D eigenvalue weighted by Gasteiger charge is 2.31. The van der Waals surface area contributed by atoms with E-state index < -0.39 is 0 Å². The molecule has 0 aromatic heterocycles. The van der Waals surface area contributed by atoms with Crippen LogP contribution in [0.4, 0.5) is 5.69 Å². The largest absolute Gasteiger partial charge is 0.348 e. The highest BCUT2D eigenvalue weighted by molar-refractivity contribution is 6.26. The predicted molar refractivity (Wildman–Crippen MR) is 103 cm³/mol. The summed E-state index contributed by atoms with van der Waals surface area (Å²) in [6.07, 6.45) is 0.791. The summed E-state index contributed by atoms with van der Waals surface area (Å²) in [7, 11) is 0. The van der Waals surface area contributed by atoms with Crippen LogP contribution in [0.5, 0.6) is 0 Å². The molecule has 1 heterocycles. The lowest BCUT2D eigenvalue weighted by Gasteiger charge is -2.21. The first-order valence-corrected chi connectivity index (χ1v) is 8.87. The van der Waals surface area contributed by atoms with E-state index >= 15 is 0 Å². The van der Waals surface area contributed by atoms with E-state index in [2.05, 4.69) is 5.32 Å². The zero-order valence-electron chi connectivity index (χ0n) is 14.6. The number of nitrogens with zero attached hydrogens (tertiary/aromatic N) is 1. The Hall–Kier alpha value is -3.14. The van der Waals surface area contributed by atoms with Gasteiger partial charge < -0.3 is 5.32 Å². The number of carbonyl (C=O) groups is 2. The van der Waals surface area contributed by atoms with Gasteiger partial charge in [-0.05, 0) is 29.5 Å². The first kappa shape index (κ1) is 16.3. The van der Waals surface area contributed by atoms with Gasteiger partial charge in [-0.3, -0.25) is 14.5 Å². The standard InChI is InChI=1S/C22H20N2O2/c1-2-18(15-8-4-3-5-9-15)23-20(25)14-24-19-13-7-11-16-10-6-12-17(21(16)19)22(24)26/h3-13,18H,2,14H2,1H3,(H,23,25). The molecule has 0 radical (unpaired) electrons. The van der Waals surface area contributed by atoms with Crippen molar-refractivity contribution in [1.82, 2.24) is 5.32 Å². The Kier molecular flexibility index (Phi) is 4.17. The van der Waals surface area contributed by atoms with Gasteiger partial charge in [-0.15, -0.1) is 0 Å². The van der Waals surface area contributed by atoms with Crippen molar-refractivity contribution in [3.8, 4) is 0 Å². The SMILES string of the molecule is CCC(NC(=O)CN1C(=O)c2cccc3cccc1c23)c1ccccc1. The molecule has 3 aromatic carbocycles. The summed E-state index contributed by atoms with van der Waals surface area (Å²) in [6, 6.07) is 21.3. The van der Waals surface area contributed by atoms with Gasteiger partial charge in [-0.2, -0.15) is 0 Å². The van der Waals surface area contributed by atoms with Crippen LogP contribution in [0.2, 0.25) is 0 Å². The highest BCUT2D eigenvalue weighted by Crippen LogP contribution is 2.36. The van der Waals surface area contributed by atoms with Gasteiger partial charge in [-0.1, -0.05) is 61.5 Å². The molecule has 3 aromatic rings. The minimum Gasteiger partial charge on any atom is -0.348 e. The van der Waals surface area contributed by atoms with Crippen LogP contribution >= 0.6 is 0 Å². The van der Waals surface area contributed by atoms with Crippen molar-refractivity contribution in [3.05, 3.63) is 77.9 Å². The molecular weight excluding hydrogens is 324 g/mol. The number of rotatable bonds is 5. The van der Waals surface area contributed by atoms with E-state index in [9.17, 15) is 9.59 Å². The van der Waals surface area contributed by atoms with Crippen LogP contribution < -0.4 is 10.2 Å². The van der Waals surface area contributed by atoms with E-state index in [1.165, 1.54) is 0 Å². The monoisotopic (exact) mass is 344 g/mol. The van der Waals surface area contributed by atoms with Crippen molar-refractivity contribution in [2.45, 2.75) is 19.4 Å². The van der Waals surface area contributed by atoms with Crippen LogP contribution in [-0.4, -0.2) is 18.4 Å². The number of hydrogen-bond donors (Lipinski definition) is 1. The summed E-state index contributed by atoms with van der Waals surface area (Å²) in [5.74, 6) is -0.265. The summed E-state index contributed by atoms with van der Waals surface area (Å²) < 4.78 is 0. The van der Waals surface area contributed by atoms with Crippen molar-refractivity contribution in [1.29, 1.82) is 0 Å². The van der Waals surface area contributed by atoms with Gasteiger partial charge >= 0.3 is 0 Å². The third-order valence-corrected chi connectivity index (χ3v) is 4.90. The second-order valence-corrected chi connectivity index (χ2v) is 6.51. The minimum absolute atomic E-state index is 0.0238. The molecule has 0 saturated heterocycles. The molecule has 2 amide bonds. The fourth-order valence-corrected chi connectivity index (χ4v) is 3.63. The zero-order chi connectivity index (χ0) is 18.1.